The number of hydrogen-bond donors (Lipinski definition) is 0. The molecule has 2 unspecified atom stereocenters. The molecule has 0 N–H and O–H groups in total. The monoisotopic (exact) mass is 348 g/mol. The standard InChI is InChI=1S/C26H36/c1-7-18(4)24-19(8-2)16-23-21-10-9-20-15-17(3)11-13-25(20,5)22(21)12-14-26(23,24)6/h11-13,15,19,21,23-24H,3-4,7-10,14,16H2,1-2,5-6H3/t19-,21?,23?,24-,25-,26-/m0/s1. The molecule has 0 radical (unpaired) electrons. The summed E-state index contributed by atoms with van der Waals surface area (Å²) in [7, 11) is 0. The third-order valence-corrected chi connectivity index (χ3v) is 8.63. The van der Waals surface area contributed by atoms with Crippen LogP contribution in [0.3, 0.4) is 0 Å². The fourth-order valence-electron chi connectivity index (χ4n) is 7.20. The zero-order chi connectivity index (χ0) is 18.7. The van der Waals surface area contributed by atoms with Crippen LogP contribution < -0.4 is 0 Å². The second-order valence-corrected chi connectivity index (χ2v) is 9.79. The van der Waals surface area contributed by atoms with Gasteiger partial charge in [-0.1, -0.05) is 81.4 Å². The molecule has 0 nitrogen and oxygen atoms in total. The molecule has 4 rings (SSSR count). The molecule has 2 fully saturated rings. The lowest BCUT2D eigenvalue weighted by Gasteiger charge is -2.52. The Kier molecular flexibility index (Phi) is 4.25. The van der Waals surface area contributed by atoms with Crippen molar-refractivity contribution in [2.24, 2.45) is 34.5 Å². The van der Waals surface area contributed by atoms with Crippen molar-refractivity contribution in [3.05, 3.63) is 59.8 Å². The lowest BCUT2D eigenvalue weighted by Crippen LogP contribution is -2.43. The van der Waals surface area contributed by atoms with Crippen molar-refractivity contribution in [2.75, 3.05) is 0 Å². The SMILES string of the molecule is C=C1C=C[C@@]2(C)C(=C1)CCC1C2=CC[C@@]2(C)C1C[C@H](CC)[C@@H]2C(=C)CC. The van der Waals surface area contributed by atoms with Crippen LogP contribution in [0.25, 0.3) is 0 Å². The van der Waals surface area contributed by atoms with Crippen LogP contribution in [0.2, 0.25) is 0 Å². The Hall–Kier alpha value is -1.30. The fraction of sp³-hybridized carbons (Fsp3) is 0.615. The van der Waals surface area contributed by atoms with Gasteiger partial charge in [0.25, 0.3) is 0 Å². The Bertz CT molecular complexity index is 729. The molecule has 0 aliphatic heterocycles. The maximum atomic E-state index is 4.53. The van der Waals surface area contributed by atoms with Gasteiger partial charge in [-0.25, -0.2) is 0 Å². The van der Waals surface area contributed by atoms with Crippen LogP contribution in [-0.4, -0.2) is 0 Å². The summed E-state index contributed by atoms with van der Waals surface area (Å²) in [5.74, 6) is 3.14. The summed E-state index contributed by atoms with van der Waals surface area (Å²) in [6.45, 7) is 18.5. The minimum absolute atomic E-state index is 0.146. The molecule has 0 spiro atoms. The van der Waals surface area contributed by atoms with Crippen molar-refractivity contribution >= 4 is 0 Å². The molecule has 0 aromatic carbocycles. The van der Waals surface area contributed by atoms with Crippen LogP contribution in [0.15, 0.2) is 59.8 Å². The average Bonchev–Trinajstić information content (AvgIpc) is 2.94. The average molecular weight is 349 g/mol. The topological polar surface area (TPSA) is 0 Å². The largest absolute Gasteiger partial charge is 0.0996 e. The second-order valence-electron chi connectivity index (χ2n) is 9.79. The van der Waals surface area contributed by atoms with E-state index in [1.807, 2.05) is 0 Å². The van der Waals surface area contributed by atoms with Crippen molar-refractivity contribution in [2.45, 2.75) is 66.2 Å². The second kappa shape index (κ2) is 6.11. The van der Waals surface area contributed by atoms with E-state index in [2.05, 4.69) is 65.2 Å². The van der Waals surface area contributed by atoms with Gasteiger partial charge in [-0.3, -0.25) is 0 Å². The molecule has 0 aromatic rings. The molecule has 6 atom stereocenters. The van der Waals surface area contributed by atoms with Gasteiger partial charge >= 0.3 is 0 Å². The Morgan fingerprint density at radius 1 is 1.27 bits per heavy atom. The Morgan fingerprint density at radius 3 is 2.73 bits per heavy atom. The molecule has 4 aliphatic rings. The highest BCUT2D eigenvalue weighted by molar-refractivity contribution is 5.50. The maximum absolute atomic E-state index is 4.53. The van der Waals surface area contributed by atoms with Gasteiger partial charge in [0.1, 0.15) is 0 Å². The summed E-state index contributed by atoms with van der Waals surface area (Å²) >= 11 is 0. The summed E-state index contributed by atoms with van der Waals surface area (Å²) in [6.07, 6.45) is 17.4. The van der Waals surface area contributed by atoms with E-state index in [1.165, 1.54) is 43.3 Å². The Balaban J connectivity index is 1.75. The summed E-state index contributed by atoms with van der Waals surface area (Å²) in [4.78, 5) is 0. The Labute approximate surface area is 160 Å². The van der Waals surface area contributed by atoms with Crippen molar-refractivity contribution in [3.63, 3.8) is 0 Å². The normalized spacial score (nSPS) is 43.9. The minimum atomic E-state index is 0.146. The fourth-order valence-corrected chi connectivity index (χ4v) is 7.20. The van der Waals surface area contributed by atoms with Gasteiger partial charge in [0, 0.05) is 5.41 Å². The zero-order valence-corrected chi connectivity index (χ0v) is 17.3. The molecular weight excluding hydrogens is 312 g/mol. The van der Waals surface area contributed by atoms with Gasteiger partial charge in [-0.15, -0.1) is 0 Å². The third-order valence-electron chi connectivity index (χ3n) is 8.63. The lowest BCUT2D eigenvalue weighted by atomic mass is 9.52. The first-order valence-corrected chi connectivity index (χ1v) is 10.8. The molecule has 0 aromatic heterocycles. The van der Waals surface area contributed by atoms with Crippen LogP contribution in [0, 0.1) is 34.5 Å². The molecule has 0 heterocycles. The molecule has 2 saturated carbocycles. The molecule has 0 heteroatoms. The summed E-state index contributed by atoms with van der Waals surface area (Å²) in [6, 6.07) is 0. The molecule has 26 heavy (non-hydrogen) atoms. The van der Waals surface area contributed by atoms with E-state index in [4.69, 9.17) is 0 Å². The van der Waals surface area contributed by atoms with Gasteiger partial charge < -0.3 is 0 Å². The van der Waals surface area contributed by atoms with Crippen molar-refractivity contribution in [1.82, 2.24) is 0 Å². The van der Waals surface area contributed by atoms with Crippen molar-refractivity contribution in [3.8, 4) is 0 Å². The number of allylic oxidation sites excluding steroid dienone is 8. The van der Waals surface area contributed by atoms with Crippen LogP contribution in [0.4, 0.5) is 0 Å². The highest BCUT2D eigenvalue weighted by Crippen LogP contribution is 2.66. The quantitative estimate of drug-likeness (QED) is 0.465. The van der Waals surface area contributed by atoms with Crippen LogP contribution >= 0.6 is 0 Å². The van der Waals surface area contributed by atoms with Gasteiger partial charge in [0.05, 0.1) is 0 Å². The van der Waals surface area contributed by atoms with Crippen molar-refractivity contribution < 1.29 is 0 Å². The number of hydrogen-bond acceptors (Lipinski definition) is 0. The van der Waals surface area contributed by atoms with Gasteiger partial charge in [-0.05, 0) is 73.7 Å². The highest BCUT2D eigenvalue weighted by Gasteiger charge is 2.58. The number of rotatable bonds is 3. The molecular formula is C26H36. The zero-order valence-electron chi connectivity index (χ0n) is 17.3. The van der Waals surface area contributed by atoms with E-state index in [-0.39, 0.29) is 5.41 Å². The Morgan fingerprint density at radius 2 is 2.04 bits per heavy atom. The predicted octanol–water partition coefficient (Wildman–Crippen LogP) is 7.42. The molecule has 140 valence electrons. The van der Waals surface area contributed by atoms with E-state index in [1.54, 1.807) is 11.1 Å². The van der Waals surface area contributed by atoms with Crippen LogP contribution in [0.1, 0.15) is 66.2 Å². The van der Waals surface area contributed by atoms with Gasteiger partial charge in [-0.2, -0.15) is 0 Å². The van der Waals surface area contributed by atoms with Crippen molar-refractivity contribution in [1.29, 1.82) is 0 Å². The smallest absolute Gasteiger partial charge is 0.0281 e. The van der Waals surface area contributed by atoms with E-state index < -0.39 is 0 Å². The molecule has 0 saturated heterocycles. The first-order chi connectivity index (χ1) is 12.3. The minimum Gasteiger partial charge on any atom is -0.0996 e. The summed E-state index contributed by atoms with van der Waals surface area (Å²) in [5.41, 5.74) is 6.56. The maximum Gasteiger partial charge on any atom is 0.0281 e. The summed E-state index contributed by atoms with van der Waals surface area (Å²) in [5, 5.41) is 0. The molecule has 0 bridgehead atoms. The van der Waals surface area contributed by atoms with E-state index in [9.17, 15) is 0 Å². The molecule has 0 amide bonds. The molecule has 4 aliphatic carbocycles. The van der Waals surface area contributed by atoms with E-state index >= 15 is 0 Å². The summed E-state index contributed by atoms with van der Waals surface area (Å²) < 4.78 is 0. The first kappa shape index (κ1) is 18.1. The third kappa shape index (κ3) is 2.33. The van der Waals surface area contributed by atoms with Crippen LogP contribution in [-0.2, 0) is 0 Å². The van der Waals surface area contributed by atoms with E-state index in [0.717, 1.165) is 24.2 Å². The van der Waals surface area contributed by atoms with Gasteiger partial charge in [0.15, 0.2) is 0 Å². The van der Waals surface area contributed by atoms with E-state index in [0.29, 0.717) is 11.3 Å². The van der Waals surface area contributed by atoms with Crippen LogP contribution in [0.5, 0.6) is 0 Å². The first-order valence-electron chi connectivity index (χ1n) is 10.8. The highest BCUT2D eigenvalue weighted by atomic mass is 14.6. The number of fused-ring (bicyclic) bond motifs is 5. The predicted molar refractivity (Wildman–Crippen MR) is 113 cm³/mol. The lowest BCUT2D eigenvalue weighted by molar-refractivity contribution is 0.101. The van der Waals surface area contributed by atoms with Gasteiger partial charge in [0.2, 0.25) is 0 Å².